The Balaban J connectivity index is 0.000000176. The molecule has 6 rings (SSSR count). The average molecular weight is 578 g/mol. The third kappa shape index (κ3) is 5.08. The van der Waals surface area contributed by atoms with Gasteiger partial charge in [-0.3, -0.25) is 14.6 Å². The third-order valence-corrected chi connectivity index (χ3v) is 7.92. The lowest BCUT2D eigenvalue weighted by molar-refractivity contribution is -0.139. The Morgan fingerprint density at radius 3 is 2.30 bits per heavy atom. The number of pyridine rings is 1. The Hall–Kier alpha value is -3.78. The zero-order valence-corrected chi connectivity index (χ0v) is 23.0. The van der Waals surface area contributed by atoms with E-state index in [4.69, 9.17) is 37.8 Å². The molecule has 0 amide bonds. The molecule has 1 aliphatic heterocycles. The summed E-state index contributed by atoms with van der Waals surface area (Å²) in [4.78, 5) is 40.6. The molecular formula is C31H25Cl2NO6. The zero-order chi connectivity index (χ0) is 28.5. The van der Waals surface area contributed by atoms with Crippen molar-refractivity contribution in [3.05, 3.63) is 106 Å². The number of fused-ring (bicyclic) bond motifs is 2. The molecule has 9 heteroatoms. The Morgan fingerprint density at radius 1 is 1.00 bits per heavy atom. The van der Waals surface area contributed by atoms with Crippen LogP contribution in [0.4, 0.5) is 0 Å². The summed E-state index contributed by atoms with van der Waals surface area (Å²) in [6, 6.07) is 21.4. The number of hydrogen-bond donors (Lipinski definition) is 1. The number of carboxylic acid groups (broad SMARTS) is 1. The quantitative estimate of drug-likeness (QED) is 0.190. The third-order valence-electron chi connectivity index (χ3n) is 7.35. The molecule has 1 aromatic heterocycles. The molecule has 40 heavy (non-hydrogen) atoms. The molecule has 1 N–H and O–H groups in total. The fourth-order valence-electron chi connectivity index (χ4n) is 5.19. The molecule has 0 saturated carbocycles. The molecule has 0 spiro atoms. The van der Waals surface area contributed by atoms with Crippen LogP contribution in [-0.2, 0) is 15.1 Å². The average Bonchev–Trinajstić information content (AvgIpc) is 3.72. The van der Waals surface area contributed by atoms with E-state index in [1.807, 2.05) is 25.1 Å². The van der Waals surface area contributed by atoms with Crippen LogP contribution in [0.2, 0.25) is 10.0 Å². The number of ether oxygens (including phenoxy) is 2. The summed E-state index contributed by atoms with van der Waals surface area (Å²) in [6.45, 7) is 2.01. The van der Waals surface area contributed by atoms with Crippen LogP contribution in [0, 0.1) is 5.41 Å². The van der Waals surface area contributed by atoms with Gasteiger partial charge in [-0.05, 0) is 48.4 Å². The predicted octanol–water partition coefficient (Wildman–Crippen LogP) is 6.78. The molecule has 4 aromatic rings. The summed E-state index contributed by atoms with van der Waals surface area (Å²) >= 11 is 12.1. The SMILES string of the molecule is CCC1(CC2(c3cccc(Cl)c3)CO2)C(=O)c2ccccc2C1=O.O=C(O)COc1ccc(Cl)c2cccnc12. The van der Waals surface area contributed by atoms with Gasteiger partial charge < -0.3 is 14.6 Å². The number of nitrogens with zero attached hydrogens (tertiary/aromatic N) is 1. The van der Waals surface area contributed by atoms with Gasteiger partial charge in [-0.25, -0.2) is 4.79 Å². The van der Waals surface area contributed by atoms with E-state index in [2.05, 4.69) is 4.98 Å². The summed E-state index contributed by atoms with van der Waals surface area (Å²) in [6.07, 6.45) is 2.43. The summed E-state index contributed by atoms with van der Waals surface area (Å²) < 4.78 is 10.9. The van der Waals surface area contributed by atoms with Gasteiger partial charge in [-0.15, -0.1) is 0 Å². The van der Waals surface area contributed by atoms with Crippen molar-refractivity contribution < 1.29 is 29.0 Å². The molecule has 2 aliphatic rings. The molecule has 1 atom stereocenters. The van der Waals surface area contributed by atoms with Crippen LogP contribution in [0.5, 0.6) is 5.75 Å². The second-order valence-corrected chi connectivity index (χ2v) is 10.6. The highest BCUT2D eigenvalue weighted by atomic mass is 35.5. The van der Waals surface area contributed by atoms with Gasteiger partial charge in [0.1, 0.15) is 16.9 Å². The monoisotopic (exact) mass is 577 g/mol. The second-order valence-electron chi connectivity index (χ2n) is 9.74. The molecule has 7 nitrogen and oxygen atoms in total. The highest BCUT2D eigenvalue weighted by Crippen LogP contribution is 2.53. The number of carboxylic acids is 1. The molecule has 1 saturated heterocycles. The van der Waals surface area contributed by atoms with Crippen molar-refractivity contribution in [1.82, 2.24) is 4.98 Å². The summed E-state index contributed by atoms with van der Waals surface area (Å²) in [5.74, 6) is -0.772. The minimum Gasteiger partial charge on any atom is -0.480 e. The fraction of sp³-hybridized carbons (Fsp3) is 0.226. The van der Waals surface area contributed by atoms with Gasteiger partial charge in [0.2, 0.25) is 0 Å². The summed E-state index contributed by atoms with van der Waals surface area (Å²) in [5.41, 5.74) is 0.935. The smallest absolute Gasteiger partial charge is 0.341 e. The van der Waals surface area contributed by atoms with Crippen molar-refractivity contribution in [3.63, 3.8) is 0 Å². The first-order chi connectivity index (χ1) is 19.2. The fourth-order valence-corrected chi connectivity index (χ4v) is 5.60. The van der Waals surface area contributed by atoms with E-state index in [1.165, 1.54) is 0 Å². The van der Waals surface area contributed by atoms with Crippen LogP contribution in [0.25, 0.3) is 10.9 Å². The van der Waals surface area contributed by atoms with E-state index >= 15 is 0 Å². The number of aliphatic carboxylic acids is 1. The second kappa shape index (κ2) is 11.0. The Morgan fingerprint density at radius 2 is 1.70 bits per heavy atom. The van der Waals surface area contributed by atoms with E-state index in [0.717, 1.165) is 10.9 Å². The number of rotatable bonds is 7. The largest absolute Gasteiger partial charge is 0.480 e. The number of halogens is 2. The van der Waals surface area contributed by atoms with Crippen LogP contribution in [0.15, 0.2) is 79.0 Å². The first-order valence-corrected chi connectivity index (χ1v) is 13.4. The van der Waals surface area contributed by atoms with Crippen LogP contribution >= 0.6 is 23.2 Å². The highest BCUT2D eigenvalue weighted by molar-refractivity contribution is 6.35. The van der Waals surface area contributed by atoms with Crippen LogP contribution in [0.3, 0.4) is 0 Å². The number of Topliss-reactive ketones (excluding diaryl/α,β-unsaturated/α-hetero) is 2. The lowest BCUT2D eigenvalue weighted by Gasteiger charge is -2.28. The van der Waals surface area contributed by atoms with Gasteiger partial charge >= 0.3 is 5.97 Å². The van der Waals surface area contributed by atoms with Crippen molar-refractivity contribution in [2.24, 2.45) is 5.41 Å². The number of aromatic nitrogens is 1. The van der Waals surface area contributed by atoms with E-state index in [0.29, 0.717) is 51.9 Å². The lowest BCUT2D eigenvalue weighted by Crippen LogP contribution is -2.37. The van der Waals surface area contributed by atoms with Crippen LogP contribution in [0.1, 0.15) is 46.0 Å². The van der Waals surface area contributed by atoms with Crippen LogP contribution < -0.4 is 4.74 Å². The number of ketones is 2. The lowest BCUT2D eigenvalue weighted by atomic mass is 9.71. The first kappa shape index (κ1) is 27.8. The minimum atomic E-state index is -1.04. The molecule has 0 bridgehead atoms. The van der Waals surface area contributed by atoms with Crippen molar-refractivity contribution >= 4 is 51.6 Å². The Labute approximate surface area is 240 Å². The Kier molecular flexibility index (Phi) is 7.64. The Bertz CT molecular complexity index is 1600. The van der Waals surface area contributed by atoms with Gasteiger partial charge in [0, 0.05) is 34.2 Å². The van der Waals surface area contributed by atoms with Crippen molar-refractivity contribution in [1.29, 1.82) is 0 Å². The number of hydrogen-bond acceptors (Lipinski definition) is 6. The highest BCUT2D eigenvalue weighted by Gasteiger charge is 2.60. The van der Waals surface area contributed by atoms with E-state index < -0.39 is 23.6 Å². The maximum Gasteiger partial charge on any atom is 0.341 e. The maximum atomic E-state index is 13.1. The standard InChI is InChI=1S/C20H17ClO3.C11H8ClNO3/c1-2-19(17(22)15-8-3-4-9-16(15)18(19)23)11-20(12-24-20)13-6-5-7-14(21)10-13;12-8-3-4-9(16-6-10(14)15)11-7(8)2-1-5-13-11/h3-10H,2,11-12H2,1H3;1-5H,6H2,(H,14,15). The molecule has 204 valence electrons. The molecular weight excluding hydrogens is 553 g/mol. The van der Waals surface area contributed by atoms with Gasteiger partial charge in [-0.1, -0.05) is 66.5 Å². The maximum absolute atomic E-state index is 13.1. The summed E-state index contributed by atoms with van der Waals surface area (Å²) in [7, 11) is 0. The van der Waals surface area contributed by atoms with E-state index in [-0.39, 0.29) is 11.6 Å². The van der Waals surface area contributed by atoms with Crippen molar-refractivity contribution in [2.75, 3.05) is 13.2 Å². The van der Waals surface area contributed by atoms with Crippen molar-refractivity contribution in [3.8, 4) is 5.75 Å². The number of epoxide rings is 1. The summed E-state index contributed by atoms with van der Waals surface area (Å²) in [5, 5.41) is 10.5. The number of benzene rings is 3. The topological polar surface area (TPSA) is 106 Å². The van der Waals surface area contributed by atoms with Crippen LogP contribution in [-0.4, -0.2) is 40.8 Å². The molecule has 1 aliphatic carbocycles. The van der Waals surface area contributed by atoms with Gasteiger partial charge in [-0.2, -0.15) is 0 Å². The first-order valence-electron chi connectivity index (χ1n) is 12.7. The predicted molar refractivity (Wildman–Crippen MR) is 151 cm³/mol. The van der Waals surface area contributed by atoms with Gasteiger partial charge in [0.05, 0.1) is 17.0 Å². The molecule has 1 unspecified atom stereocenters. The van der Waals surface area contributed by atoms with Gasteiger partial charge in [0.25, 0.3) is 0 Å². The molecule has 1 fully saturated rings. The number of carbonyl (C=O) groups is 3. The normalized spacial score (nSPS) is 18.6. The van der Waals surface area contributed by atoms with E-state index in [1.54, 1.807) is 60.8 Å². The van der Waals surface area contributed by atoms with Crippen molar-refractivity contribution in [2.45, 2.75) is 25.4 Å². The zero-order valence-electron chi connectivity index (χ0n) is 21.5. The van der Waals surface area contributed by atoms with Gasteiger partial charge in [0.15, 0.2) is 18.2 Å². The number of carbonyl (C=O) groups excluding carboxylic acids is 2. The molecule has 0 radical (unpaired) electrons. The molecule has 2 heterocycles. The minimum absolute atomic E-state index is 0.0810. The molecule has 3 aromatic carbocycles. The van der Waals surface area contributed by atoms with E-state index in [9.17, 15) is 14.4 Å².